The highest BCUT2D eigenvalue weighted by atomic mass is 32.1. The fourth-order valence-corrected chi connectivity index (χ4v) is 2.56. The van der Waals surface area contributed by atoms with Crippen molar-refractivity contribution in [3.63, 3.8) is 0 Å². The summed E-state index contributed by atoms with van der Waals surface area (Å²) < 4.78 is 0. The Hall–Kier alpha value is -1.02. The van der Waals surface area contributed by atoms with Crippen LogP contribution in [0.2, 0.25) is 0 Å². The number of nitrogens with one attached hydrogen (secondary N) is 2. The highest BCUT2D eigenvalue weighted by Gasteiger charge is 2.12. The van der Waals surface area contributed by atoms with Crippen LogP contribution in [0.1, 0.15) is 0 Å². The van der Waals surface area contributed by atoms with Crippen LogP contribution < -0.4 is 10.6 Å². The molecule has 0 saturated carbocycles. The zero-order valence-electron chi connectivity index (χ0n) is 11.3. The molecule has 1 aromatic rings. The van der Waals surface area contributed by atoms with E-state index in [-0.39, 0.29) is 5.91 Å². The van der Waals surface area contributed by atoms with Crippen LogP contribution >= 0.6 is 11.3 Å². The predicted octanol–water partition coefficient (Wildman–Crippen LogP) is -0.0814. The van der Waals surface area contributed by atoms with Crippen molar-refractivity contribution < 1.29 is 4.79 Å². The van der Waals surface area contributed by atoms with Crippen LogP contribution in [0, 0.1) is 0 Å². The van der Waals surface area contributed by atoms with E-state index in [0.29, 0.717) is 11.7 Å². The van der Waals surface area contributed by atoms with Crippen LogP contribution in [0.25, 0.3) is 0 Å². The number of piperazine rings is 1. The largest absolute Gasteiger partial charge is 0.314 e. The van der Waals surface area contributed by atoms with E-state index in [1.807, 2.05) is 17.3 Å². The van der Waals surface area contributed by atoms with Crippen LogP contribution in [0.3, 0.4) is 0 Å². The maximum Gasteiger partial charge on any atom is 0.240 e. The molecule has 0 aliphatic carbocycles. The zero-order chi connectivity index (χ0) is 13.5. The molecule has 0 radical (unpaired) electrons. The van der Waals surface area contributed by atoms with Crippen LogP contribution in [0.5, 0.6) is 0 Å². The highest BCUT2D eigenvalue weighted by molar-refractivity contribution is 7.13. The van der Waals surface area contributed by atoms with E-state index in [1.165, 1.54) is 11.3 Å². The van der Waals surface area contributed by atoms with E-state index in [0.717, 1.165) is 39.3 Å². The summed E-state index contributed by atoms with van der Waals surface area (Å²) >= 11 is 1.44. The van der Waals surface area contributed by atoms with Gasteiger partial charge in [-0.05, 0) is 7.05 Å². The summed E-state index contributed by atoms with van der Waals surface area (Å²) in [6.07, 6.45) is 1.69. The van der Waals surface area contributed by atoms with Gasteiger partial charge in [0.1, 0.15) is 0 Å². The fraction of sp³-hybridized carbons (Fsp3) is 0.667. The molecule has 1 amide bonds. The minimum atomic E-state index is -0.00207. The normalized spacial score (nSPS) is 16.7. The molecular formula is C12H21N5OS. The lowest BCUT2D eigenvalue weighted by Gasteiger charge is -2.28. The molecule has 2 heterocycles. The van der Waals surface area contributed by atoms with Crippen LogP contribution in [0.4, 0.5) is 5.13 Å². The summed E-state index contributed by atoms with van der Waals surface area (Å²) in [5.41, 5.74) is 0. The summed E-state index contributed by atoms with van der Waals surface area (Å²) in [4.78, 5) is 20.3. The van der Waals surface area contributed by atoms with Crippen molar-refractivity contribution in [2.24, 2.45) is 0 Å². The molecule has 0 aromatic carbocycles. The van der Waals surface area contributed by atoms with Gasteiger partial charge in [-0.1, -0.05) is 0 Å². The number of hydrogen-bond acceptors (Lipinski definition) is 6. The third-order valence-corrected chi connectivity index (χ3v) is 3.79. The second-order valence-electron chi connectivity index (χ2n) is 4.71. The van der Waals surface area contributed by atoms with E-state index < -0.39 is 0 Å². The number of hydrogen-bond donors (Lipinski definition) is 2. The molecule has 19 heavy (non-hydrogen) atoms. The molecule has 1 aliphatic heterocycles. The maximum atomic E-state index is 11.8. The van der Waals surface area contributed by atoms with Gasteiger partial charge in [-0.25, -0.2) is 4.98 Å². The Bertz CT molecular complexity index is 377. The second-order valence-corrected chi connectivity index (χ2v) is 5.61. The van der Waals surface area contributed by atoms with E-state index in [2.05, 4.69) is 20.5 Å². The third-order valence-electron chi connectivity index (χ3n) is 3.10. The molecular weight excluding hydrogens is 262 g/mol. The molecule has 2 N–H and O–H groups in total. The molecule has 0 bridgehead atoms. The average Bonchev–Trinajstić information content (AvgIpc) is 2.90. The smallest absolute Gasteiger partial charge is 0.240 e. The minimum Gasteiger partial charge on any atom is -0.314 e. The van der Waals surface area contributed by atoms with E-state index in [9.17, 15) is 4.79 Å². The predicted molar refractivity (Wildman–Crippen MR) is 77.6 cm³/mol. The van der Waals surface area contributed by atoms with E-state index in [4.69, 9.17) is 0 Å². The van der Waals surface area contributed by atoms with Crippen LogP contribution in [-0.2, 0) is 4.79 Å². The van der Waals surface area contributed by atoms with Crippen molar-refractivity contribution >= 4 is 22.4 Å². The van der Waals surface area contributed by atoms with Gasteiger partial charge in [0.15, 0.2) is 5.13 Å². The number of nitrogens with zero attached hydrogens (tertiary/aromatic N) is 3. The fourth-order valence-electron chi connectivity index (χ4n) is 2.02. The van der Waals surface area contributed by atoms with Crippen LogP contribution in [0.15, 0.2) is 11.6 Å². The first-order chi connectivity index (χ1) is 9.24. The maximum absolute atomic E-state index is 11.8. The van der Waals surface area contributed by atoms with Crippen molar-refractivity contribution in [2.75, 3.05) is 58.2 Å². The summed E-state index contributed by atoms with van der Waals surface area (Å²) in [6.45, 7) is 6.65. The Morgan fingerprint density at radius 3 is 3.05 bits per heavy atom. The number of aromatic nitrogens is 1. The Morgan fingerprint density at radius 2 is 2.37 bits per heavy atom. The van der Waals surface area contributed by atoms with E-state index in [1.54, 1.807) is 6.20 Å². The van der Waals surface area contributed by atoms with Crippen molar-refractivity contribution in [3.05, 3.63) is 11.6 Å². The Labute approximate surface area is 117 Å². The van der Waals surface area contributed by atoms with Crippen molar-refractivity contribution in [1.82, 2.24) is 20.1 Å². The molecule has 106 valence electrons. The monoisotopic (exact) mass is 283 g/mol. The molecule has 0 atom stereocenters. The molecule has 0 spiro atoms. The number of amides is 1. The summed E-state index contributed by atoms with van der Waals surface area (Å²) in [5.74, 6) is -0.00207. The first-order valence-corrected chi connectivity index (χ1v) is 7.43. The lowest BCUT2D eigenvalue weighted by atomic mass is 10.3. The SMILES string of the molecule is CN(CCN1CCNCC1)CC(=O)Nc1nccs1. The molecule has 1 saturated heterocycles. The van der Waals surface area contributed by atoms with Gasteiger partial charge in [0.25, 0.3) is 0 Å². The molecule has 1 aliphatic rings. The molecule has 1 aromatic heterocycles. The van der Waals surface area contributed by atoms with E-state index >= 15 is 0 Å². The van der Waals surface area contributed by atoms with Gasteiger partial charge in [-0.3, -0.25) is 14.6 Å². The van der Waals surface area contributed by atoms with Crippen molar-refractivity contribution in [2.45, 2.75) is 0 Å². The average molecular weight is 283 g/mol. The van der Waals surface area contributed by atoms with Crippen molar-refractivity contribution in [3.8, 4) is 0 Å². The first kappa shape index (κ1) is 14.4. The lowest BCUT2D eigenvalue weighted by Crippen LogP contribution is -2.46. The summed E-state index contributed by atoms with van der Waals surface area (Å²) in [5, 5.41) is 8.65. The lowest BCUT2D eigenvalue weighted by molar-refractivity contribution is -0.117. The summed E-state index contributed by atoms with van der Waals surface area (Å²) in [6, 6.07) is 0. The number of thiazole rings is 1. The standard InChI is InChI=1S/C12H21N5OS/c1-16(7-8-17-5-2-13-3-6-17)10-11(18)15-12-14-4-9-19-12/h4,9,13H,2-3,5-8,10H2,1H3,(H,14,15,18). The number of carbonyl (C=O) groups excluding carboxylic acids is 1. The first-order valence-electron chi connectivity index (χ1n) is 6.55. The minimum absolute atomic E-state index is 0.00207. The van der Waals surface area contributed by atoms with Crippen LogP contribution in [-0.4, -0.2) is 73.6 Å². The quantitative estimate of drug-likeness (QED) is 0.765. The Morgan fingerprint density at radius 1 is 1.58 bits per heavy atom. The number of carbonyl (C=O) groups is 1. The van der Waals surface area contributed by atoms with Gasteiger partial charge >= 0.3 is 0 Å². The van der Waals surface area contributed by atoms with Gasteiger partial charge < -0.3 is 10.6 Å². The second kappa shape index (κ2) is 7.54. The van der Waals surface area contributed by atoms with Gasteiger partial charge in [-0.2, -0.15) is 0 Å². The molecule has 0 unspecified atom stereocenters. The molecule has 1 fully saturated rings. The topological polar surface area (TPSA) is 60.5 Å². The van der Waals surface area contributed by atoms with Gasteiger partial charge in [0.05, 0.1) is 6.54 Å². The molecule has 7 heteroatoms. The number of rotatable bonds is 6. The van der Waals surface area contributed by atoms with Crippen molar-refractivity contribution in [1.29, 1.82) is 0 Å². The summed E-state index contributed by atoms with van der Waals surface area (Å²) in [7, 11) is 1.98. The van der Waals surface area contributed by atoms with Gasteiger partial charge in [0.2, 0.25) is 5.91 Å². The number of likely N-dealkylation sites (N-methyl/N-ethyl adjacent to an activating group) is 1. The highest BCUT2D eigenvalue weighted by Crippen LogP contribution is 2.09. The molecule has 6 nitrogen and oxygen atoms in total. The van der Waals surface area contributed by atoms with Gasteiger partial charge in [-0.15, -0.1) is 11.3 Å². The Balaban J connectivity index is 1.63. The zero-order valence-corrected chi connectivity index (χ0v) is 12.1. The van der Waals surface area contributed by atoms with Gasteiger partial charge in [0, 0.05) is 50.8 Å². The third kappa shape index (κ3) is 5.23. The Kier molecular flexibility index (Phi) is 5.71. The number of anilines is 1. The molecule has 2 rings (SSSR count).